The molecule has 1 aliphatic heterocycles. The average molecular weight is 293 g/mol. The number of rotatable bonds is 4. The Bertz CT molecular complexity index is 528. The maximum Gasteiger partial charge on any atom is 0.267 e. The molecule has 6 heteroatoms. The summed E-state index contributed by atoms with van der Waals surface area (Å²) >= 11 is 0. The Hall–Kier alpha value is -1.66. The lowest BCUT2D eigenvalue weighted by molar-refractivity contribution is -0.0652. The first-order chi connectivity index (χ1) is 9.90. The second kappa shape index (κ2) is 6.41. The summed E-state index contributed by atoms with van der Waals surface area (Å²) in [5.41, 5.74) is 1.06. The molecular formula is C15H23N3O3. The lowest BCUT2D eigenvalue weighted by Gasteiger charge is -2.34. The molecule has 116 valence electrons. The molecule has 0 saturated carbocycles. The van der Waals surface area contributed by atoms with Gasteiger partial charge in [0, 0.05) is 38.9 Å². The van der Waals surface area contributed by atoms with Gasteiger partial charge in [-0.05, 0) is 19.9 Å². The van der Waals surface area contributed by atoms with Crippen LogP contribution in [0.5, 0.6) is 0 Å². The Kier molecular flexibility index (Phi) is 4.80. The second-order valence-electron chi connectivity index (χ2n) is 5.68. The predicted molar refractivity (Wildman–Crippen MR) is 79.6 cm³/mol. The van der Waals surface area contributed by atoms with Gasteiger partial charge in [0.1, 0.15) is 5.69 Å². The largest absolute Gasteiger partial charge is 0.373 e. The second-order valence-corrected chi connectivity index (χ2v) is 5.68. The Morgan fingerprint density at radius 2 is 1.95 bits per heavy atom. The van der Waals surface area contributed by atoms with Crippen LogP contribution in [0.25, 0.3) is 0 Å². The number of Topliss-reactive ketones (excluding diaryl/α,β-unsaturated/α-hetero) is 1. The van der Waals surface area contributed by atoms with Crippen molar-refractivity contribution in [3.63, 3.8) is 0 Å². The molecule has 1 aromatic rings. The normalized spacial score (nSPS) is 23.0. The summed E-state index contributed by atoms with van der Waals surface area (Å²) in [6, 6.07) is 1.65. The highest BCUT2D eigenvalue weighted by Crippen LogP contribution is 2.13. The highest BCUT2D eigenvalue weighted by Gasteiger charge is 2.24. The summed E-state index contributed by atoms with van der Waals surface area (Å²) in [6.45, 7) is 5.89. The minimum atomic E-state index is -0.190. The van der Waals surface area contributed by atoms with Gasteiger partial charge in [-0.25, -0.2) is 0 Å². The van der Waals surface area contributed by atoms with E-state index in [1.54, 1.807) is 30.9 Å². The molecule has 2 heterocycles. The van der Waals surface area contributed by atoms with Crippen LogP contribution in [0.2, 0.25) is 0 Å². The third kappa shape index (κ3) is 3.71. The summed E-state index contributed by atoms with van der Waals surface area (Å²) < 4.78 is 7.34. The van der Waals surface area contributed by atoms with Gasteiger partial charge < -0.3 is 14.6 Å². The number of amides is 1. The number of ether oxygens (including phenoxy) is 1. The molecule has 1 fully saturated rings. The fourth-order valence-electron chi connectivity index (χ4n) is 2.78. The monoisotopic (exact) mass is 293 g/mol. The maximum absolute atomic E-state index is 12.4. The van der Waals surface area contributed by atoms with Gasteiger partial charge >= 0.3 is 0 Å². The number of aryl methyl sites for hydroxylation is 1. The molecule has 21 heavy (non-hydrogen) atoms. The lowest BCUT2D eigenvalue weighted by atomic mass is 10.1. The van der Waals surface area contributed by atoms with E-state index < -0.39 is 0 Å². The van der Waals surface area contributed by atoms with Crippen LogP contribution in [0.4, 0.5) is 0 Å². The van der Waals surface area contributed by atoms with Crippen LogP contribution >= 0.6 is 0 Å². The number of hydrogen-bond acceptors (Lipinski definition) is 4. The number of hydrogen-bond donors (Lipinski definition) is 1. The smallest absolute Gasteiger partial charge is 0.267 e. The van der Waals surface area contributed by atoms with Crippen molar-refractivity contribution < 1.29 is 14.3 Å². The zero-order valence-corrected chi connectivity index (χ0v) is 13.0. The number of carbonyl (C=O) groups is 2. The molecule has 1 N–H and O–H groups in total. The molecule has 0 bridgehead atoms. The van der Waals surface area contributed by atoms with E-state index in [0.29, 0.717) is 17.8 Å². The van der Waals surface area contributed by atoms with Crippen LogP contribution < -0.4 is 5.32 Å². The molecule has 2 atom stereocenters. The molecule has 6 nitrogen and oxygen atoms in total. The standard InChI is InChI=1S/C15H23N3O3/c1-10-6-18(7-11(2)21-10)9-14(19)12-5-13(15(20)16-3)17(4)8-12/h5,8,10-11H,6-7,9H2,1-4H3,(H,16,20)/t10-,11-/m0/s1. The van der Waals surface area contributed by atoms with Crippen LogP contribution in [0.15, 0.2) is 12.3 Å². The van der Waals surface area contributed by atoms with Gasteiger partial charge in [-0.1, -0.05) is 0 Å². The molecule has 1 saturated heterocycles. The zero-order valence-electron chi connectivity index (χ0n) is 13.0. The minimum absolute atomic E-state index is 0.0297. The first-order valence-electron chi connectivity index (χ1n) is 7.20. The van der Waals surface area contributed by atoms with Crippen LogP contribution in [0, 0.1) is 0 Å². The molecule has 0 unspecified atom stereocenters. The van der Waals surface area contributed by atoms with Crippen molar-refractivity contribution in [1.29, 1.82) is 0 Å². The van der Waals surface area contributed by atoms with Gasteiger partial charge in [0.25, 0.3) is 5.91 Å². The van der Waals surface area contributed by atoms with Gasteiger partial charge in [0.15, 0.2) is 5.78 Å². The van der Waals surface area contributed by atoms with Gasteiger partial charge in [-0.3, -0.25) is 14.5 Å². The van der Waals surface area contributed by atoms with Crippen molar-refractivity contribution in [2.75, 3.05) is 26.7 Å². The Morgan fingerprint density at radius 1 is 1.33 bits per heavy atom. The Balaban J connectivity index is 2.05. The number of morpholine rings is 1. The first-order valence-corrected chi connectivity index (χ1v) is 7.20. The van der Waals surface area contributed by atoms with Gasteiger partial charge in [0.05, 0.1) is 18.8 Å². The number of nitrogens with zero attached hydrogens (tertiary/aromatic N) is 2. The van der Waals surface area contributed by atoms with E-state index in [2.05, 4.69) is 10.2 Å². The Morgan fingerprint density at radius 3 is 2.52 bits per heavy atom. The number of ketones is 1. The molecule has 0 radical (unpaired) electrons. The quantitative estimate of drug-likeness (QED) is 0.829. The van der Waals surface area contributed by atoms with Crippen molar-refractivity contribution in [3.8, 4) is 0 Å². The predicted octanol–water partition coefficient (Wildman–Crippen LogP) is 0.677. The van der Waals surface area contributed by atoms with E-state index in [-0.39, 0.29) is 23.9 Å². The van der Waals surface area contributed by atoms with Gasteiger partial charge in [-0.2, -0.15) is 0 Å². The highest BCUT2D eigenvalue weighted by molar-refractivity contribution is 6.01. The van der Waals surface area contributed by atoms with Crippen molar-refractivity contribution in [2.24, 2.45) is 7.05 Å². The molecule has 2 rings (SSSR count). The number of aromatic nitrogens is 1. The van der Waals surface area contributed by atoms with E-state index in [0.717, 1.165) is 13.1 Å². The molecule has 0 spiro atoms. The van der Waals surface area contributed by atoms with E-state index >= 15 is 0 Å². The van der Waals surface area contributed by atoms with E-state index in [9.17, 15) is 9.59 Å². The van der Waals surface area contributed by atoms with E-state index in [1.807, 2.05) is 13.8 Å². The highest BCUT2D eigenvalue weighted by atomic mass is 16.5. The zero-order chi connectivity index (χ0) is 15.6. The van der Waals surface area contributed by atoms with Crippen molar-refractivity contribution in [1.82, 2.24) is 14.8 Å². The molecular weight excluding hydrogens is 270 g/mol. The first kappa shape index (κ1) is 15.7. The molecule has 0 aliphatic carbocycles. The van der Waals surface area contributed by atoms with Gasteiger partial charge in [-0.15, -0.1) is 0 Å². The summed E-state index contributed by atoms with van der Waals surface area (Å²) in [7, 11) is 3.34. The van der Waals surface area contributed by atoms with Crippen LogP contribution in [0.1, 0.15) is 34.7 Å². The summed E-state index contributed by atoms with van der Waals surface area (Å²) in [4.78, 5) is 26.2. The fourth-order valence-corrected chi connectivity index (χ4v) is 2.78. The summed E-state index contributed by atoms with van der Waals surface area (Å²) in [6.07, 6.45) is 1.98. The summed E-state index contributed by atoms with van der Waals surface area (Å²) in [5, 5.41) is 2.57. The SMILES string of the molecule is CNC(=O)c1cc(C(=O)CN2C[C@H](C)O[C@@H](C)C2)cn1C. The number of carbonyl (C=O) groups excluding carboxylic acids is 2. The molecule has 1 amide bonds. The van der Waals surface area contributed by atoms with Gasteiger partial charge in [0.2, 0.25) is 0 Å². The fraction of sp³-hybridized carbons (Fsp3) is 0.600. The van der Waals surface area contributed by atoms with Crippen LogP contribution in [-0.2, 0) is 11.8 Å². The van der Waals surface area contributed by atoms with Crippen molar-refractivity contribution in [3.05, 3.63) is 23.5 Å². The van der Waals surface area contributed by atoms with E-state index in [1.165, 1.54) is 0 Å². The third-order valence-electron chi connectivity index (χ3n) is 3.65. The minimum Gasteiger partial charge on any atom is -0.373 e. The van der Waals surface area contributed by atoms with Crippen molar-refractivity contribution in [2.45, 2.75) is 26.1 Å². The summed E-state index contributed by atoms with van der Waals surface area (Å²) in [5.74, 6) is -0.160. The Labute approximate surface area is 125 Å². The number of nitrogens with one attached hydrogen (secondary N) is 1. The topological polar surface area (TPSA) is 63.6 Å². The molecule has 0 aromatic carbocycles. The molecule has 1 aliphatic rings. The van der Waals surface area contributed by atoms with E-state index in [4.69, 9.17) is 4.74 Å². The van der Waals surface area contributed by atoms with Crippen LogP contribution in [0.3, 0.4) is 0 Å². The third-order valence-corrected chi connectivity index (χ3v) is 3.65. The van der Waals surface area contributed by atoms with Crippen LogP contribution in [-0.4, -0.2) is 60.0 Å². The maximum atomic E-state index is 12.4. The molecule has 1 aromatic heterocycles. The van der Waals surface area contributed by atoms with Crippen molar-refractivity contribution >= 4 is 11.7 Å². The average Bonchev–Trinajstić information content (AvgIpc) is 2.79. The lowest BCUT2D eigenvalue weighted by Crippen LogP contribution is -2.47.